The average molecular weight is 305 g/mol. The zero-order valence-corrected chi connectivity index (χ0v) is 13.0. The van der Waals surface area contributed by atoms with E-state index < -0.39 is 0 Å². The van der Waals surface area contributed by atoms with E-state index >= 15 is 0 Å². The number of hydrogen-bond donors (Lipinski definition) is 2. The van der Waals surface area contributed by atoms with Crippen LogP contribution in [0.15, 0.2) is 26.6 Å². The second-order valence-electron chi connectivity index (χ2n) is 5.91. The molecule has 4 nitrogen and oxygen atoms in total. The third-order valence-electron chi connectivity index (χ3n) is 3.77. The zero-order valence-electron chi connectivity index (χ0n) is 11.4. The number of aromatic nitrogens is 2. The number of rotatable bonds is 0. The Morgan fingerprint density at radius 1 is 1.35 bits per heavy atom. The third kappa shape index (κ3) is 1.85. The summed E-state index contributed by atoms with van der Waals surface area (Å²) in [5, 5.41) is 4.76. The highest BCUT2D eigenvalue weighted by Gasteiger charge is 2.36. The van der Waals surface area contributed by atoms with Gasteiger partial charge < -0.3 is 10.3 Å². The molecule has 2 N–H and O–H groups in total. The Hall–Kier alpha value is -1.14. The molecule has 0 bridgehead atoms. The fourth-order valence-electron chi connectivity index (χ4n) is 2.84. The maximum absolute atomic E-state index is 12.0. The molecule has 0 amide bonds. The van der Waals surface area contributed by atoms with E-state index in [0.717, 1.165) is 35.5 Å². The van der Waals surface area contributed by atoms with Crippen molar-refractivity contribution in [2.45, 2.75) is 31.4 Å². The van der Waals surface area contributed by atoms with Crippen LogP contribution >= 0.6 is 23.5 Å². The lowest BCUT2D eigenvalue weighted by Gasteiger charge is -2.35. The number of aromatic amines is 1. The molecule has 6 heteroatoms. The fourth-order valence-corrected chi connectivity index (χ4v) is 5.45. The molecular weight excluding hydrogens is 290 g/mol. The molecule has 0 spiro atoms. The molecule has 20 heavy (non-hydrogen) atoms. The predicted octanol–water partition coefficient (Wildman–Crippen LogP) is 2.46. The number of H-pyrrole nitrogens is 1. The van der Waals surface area contributed by atoms with Crippen molar-refractivity contribution < 1.29 is 0 Å². The summed E-state index contributed by atoms with van der Waals surface area (Å²) in [5.74, 6) is 0. The topological polar surface area (TPSA) is 57.8 Å². The maximum Gasteiger partial charge on any atom is 0.259 e. The van der Waals surface area contributed by atoms with Gasteiger partial charge in [0.2, 0.25) is 0 Å². The quantitative estimate of drug-likeness (QED) is 0.771. The average Bonchev–Trinajstić information content (AvgIpc) is 2.73. The summed E-state index contributed by atoms with van der Waals surface area (Å²) in [6, 6.07) is 0. The highest BCUT2D eigenvalue weighted by Crippen LogP contribution is 2.53. The van der Waals surface area contributed by atoms with E-state index in [-0.39, 0.29) is 10.3 Å². The number of thioether (sulfide) groups is 2. The Kier molecular flexibility index (Phi) is 2.63. The van der Waals surface area contributed by atoms with Crippen molar-refractivity contribution in [3.63, 3.8) is 0 Å². The molecular formula is C14H15N3OS2. The van der Waals surface area contributed by atoms with E-state index in [0.29, 0.717) is 0 Å². The number of nitrogens with zero attached hydrogens (tertiary/aromatic N) is 1. The molecule has 2 aliphatic heterocycles. The van der Waals surface area contributed by atoms with E-state index in [2.05, 4.69) is 29.1 Å². The van der Waals surface area contributed by atoms with E-state index in [9.17, 15) is 4.79 Å². The largest absolute Gasteiger partial charge is 0.378 e. The summed E-state index contributed by atoms with van der Waals surface area (Å²) in [6.45, 7) is 5.49. The highest BCUT2D eigenvalue weighted by molar-refractivity contribution is 8.13. The van der Waals surface area contributed by atoms with E-state index in [4.69, 9.17) is 0 Å². The van der Waals surface area contributed by atoms with Crippen molar-refractivity contribution in [2.24, 2.45) is 0 Å². The molecule has 4 rings (SSSR count). The first-order valence-electron chi connectivity index (χ1n) is 6.66. The zero-order chi connectivity index (χ0) is 13.9. The summed E-state index contributed by atoms with van der Waals surface area (Å²) in [6.07, 6.45) is 3.28. The van der Waals surface area contributed by atoms with Crippen molar-refractivity contribution >= 4 is 28.4 Å². The van der Waals surface area contributed by atoms with Gasteiger partial charge in [0, 0.05) is 33.9 Å². The van der Waals surface area contributed by atoms with Crippen LogP contribution in [0.3, 0.4) is 0 Å². The normalized spacial score (nSPS) is 23.1. The molecule has 0 atom stereocenters. The van der Waals surface area contributed by atoms with Crippen LogP contribution in [0.5, 0.6) is 0 Å². The smallest absolute Gasteiger partial charge is 0.259 e. The molecule has 0 saturated carbocycles. The van der Waals surface area contributed by atoms with Crippen molar-refractivity contribution in [3.05, 3.63) is 43.4 Å². The van der Waals surface area contributed by atoms with Crippen LogP contribution in [-0.2, 0) is 6.42 Å². The summed E-state index contributed by atoms with van der Waals surface area (Å²) in [5.41, 5.74) is 3.05. The van der Waals surface area contributed by atoms with Gasteiger partial charge in [-0.05, 0) is 19.4 Å². The first-order valence-corrected chi connectivity index (χ1v) is 8.30. The number of hydrogen-bond acceptors (Lipinski definition) is 5. The first-order chi connectivity index (χ1) is 9.53. The summed E-state index contributed by atoms with van der Waals surface area (Å²) in [7, 11) is 0. The van der Waals surface area contributed by atoms with Gasteiger partial charge in [0.1, 0.15) is 0 Å². The van der Waals surface area contributed by atoms with Crippen LogP contribution in [0, 0.1) is 0 Å². The molecule has 0 radical (unpaired) electrons. The number of fused-ring (bicyclic) bond motifs is 2. The lowest BCUT2D eigenvalue weighted by molar-refractivity contribution is 0.646. The first kappa shape index (κ1) is 12.6. The van der Waals surface area contributed by atoms with Crippen LogP contribution in [0.4, 0.5) is 0 Å². The molecule has 0 saturated heterocycles. The van der Waals surface area contributed by atoms with Gasteiger partial charge in [-0.25, -0.2) is 4.98 Å². The summed E-state index contributed by atoms with van der Waals surface area (Å²) < 4.78 is 0.235. The minimum Gasteiger partial charge on any atom is -0.378 e. The number of allylic oxidation sites excluding steroid dienone is 2. The minimum absolute atomic E-state index is 0.0136. The highest BCUT2D eigenvalue weighted by atomic mass is 32.2. The van der Waals surface area contributed by atoms with Crippen LogP contribution < -0.4 is 10.9 Å². The number of nitrogens with one attached hydrogen (secondary N) is 2. The lowest BCUT2D eigenvalue weighted by Crippen LogP contribution is -2.36. The lowest BCUT2D eigenvalue weighted by atomic mass is 10.1. The molecule has 1 aromatic rings. The van der Waals surface area contributed by atoms with Gasteiger partial charge in [-0.2, -0.15) is 0 Å². The molecule has 0 aromatic carbocycles. The predicted molar refractivity (Wildman–Crippen MR) is 84.4 cm³/mol. The SMILES string of the molecule is CC1(C)CNC2=C(CC3=C(S2)c2c(nc[nH]c2=O)C3)S1. The maximum atomic E-state index is 12.0. The van der Waals surface area contributed by atoms with Gasteiger partial charge >= 0.3 is 0 Å². The van der Waals surface area contributed by atoms with Crippen molar-refractivity contribution in [2.75, 3.05) is 6.54 Å². The van der Waals surface area contributed by atoms with Crippen molar-refractivity contribution in [1.29, 1.82) is 0 Å². The van der Waals surface area contributed by atoms with E-state index in [1.54, 1.807) is 11.8 Å². The van der Waals surface area contributed by atoms with E-state index in [1.807, 2.05) is 11.8 Å². The molecule has 1 aromatic heterocycles. The van der Waals surface area contributed by atoms with Crippen LogP contribution in [0.25, 0.3) is 4.91 Å². The third-order valence-corrected chi connectivity index (χ3v) is 6.48. The van der Waals surface area contributed by atoms with Gasteiger partial charge in [0.25, 0.3) is 5.56 Å². The Morgan fingerprint density at radius 3 is 3.05 bits per heavy atom. The second-order valence-corrected chi connectivity index (χ2v) is 8.73. The molecule has 3 aliphatic rings. The monoisotopic (exact) mass is 305 g/mol. The molecule has 1 aliphatic carbocycles. The van der Waals surface area contributed by atoms with Gasteiger partial charge in [-0.3, -0.25) is 4.79 Å². The Morgan fingerprint density at radius 2 is 2.20 bits per heavy atom. The molecule has 104 valence electrons. The standard InChI is InChI=1S/C14H15N3OS2/c1-14(2)5-15-13-9(20-14)4-7-3-8-10(11(7)19-13)12(18)17-6-16-8/h6,15H,3-5H2,1-2H3,(H,16,17,18). The summed E-state index contributed by atoms with van der Waals surface area (Å²) in [4.78, 5) is 21.6. The van der Waals surface area contributed by atoms with E-state index in [1.165, 1.54) is 21.8 Å². The Bertz CT molecular complexity index is 730. The van der Waals surface area contributed by atoms with Gasteiger partial charge in [0.05, 0.1) is 22.6 Å². The minimum atomic E-state index is -0.0136. The fraction of sp³-hybridized carbons (Fsp3) is 0.429. The van der Waals surface area contributed by atoms with Gasteiger partial charge in [0.15, 0.2) is 0 Å². The molecule has 3 heterocycles. The van der Waals surface area contributed by atoms with Crippen molar-refractivity contribution in [3.8, 4) is 0 Å². The Balaban J connectivity index is 1.73. The van der Waals surface area contributed by atoms with Gasteiger partial charge in [-0.15, -0.1) is 11.8 Å². The molecule has 0 fully saturated rings. The summed E-state index contributed by atoms with van der Waals surface area (Å²) >= 11 is 3.67. The van der Waals surface area contributed by atoms with Crippen LogP contribution in [-0.4, -0.2) is 21.3 Å². The van der Waals surface area contributed by atoms with Crippen LogP contribution in [0.2, 0.25) is 0 Å². The molecule has 0 unspecified atom stereocenters. The van der Waals surface area contributed by atoms with Gasteiger partial charge in [-0.1, -0.05) is 11.8 Å². The van der Waals surface area contributed by atoms with Crippen molar-refractivity contribution in [1.82, 2.24) is 15.3 Å². The Labute approximate surface area is 125 Å². The second kappa shape index (κ2) is 4.18. The van der Waals surface area contributed by atoms with Crippen LogP contribution in [0.1, 0.15) is 31.5 Å².